The van der Waals surface area contributed by atoms with Crippen molar-refractivity contribution in [3.05, 3.63) is 29.8 Å². The van der Waals surface area contributed by atoms with Crippen molar-refractivity contribution in [3.8, 4) is 0 Å². The number of nitrogens with two attached hydrogens (primary N) is 1. The number of nitrogens with zero attached hydrogens (tertiary/aromatic N) is 1. The molecule has 1 aromatic rings. The summed E-state index contributed by atoms with van der Waals surface area (Å²) in [6, 6.07) is 7.21. The van der Waals surface area contributed by atoms with Crippen LogP contribution < -0.4 is 5.73 Å². The van der Waals surface area contributed by atoms with Gasteiger partial charge in [-0.25, -0.2) is 0 Å². The number of hydrogen-bond donors (Lipinski definition) is 1. The topological polar surface area (TPSA) is 46.3 Å². The quantitative estimate of drug-likeness (QED) is 0.864. The summed E-state index contributed by atoms with van der Waals surface area (Å²) in [5, 5.41) is 0. The Labute approximate surface area is 121 Å². The molecular weight excluding hydrogens is 260 g/mol. The Hall–Kier alpha value is -1.22. The molecule has 1 saturated carbocycles. The van der Waals surface area contributed by atoms with Crippen LogP contribution in [-0.4, -0.2) is 24.4 Å². The van der Waals surface area contributed by atoms with E-state index >= 15 is 0 Å². The predicted molar refractivity (Wildman–Crippen MR) is 81.6 cm³/mol. The SMILES string of the molecule is CN(CC1CCCCC1)C(=O)c1cccc(N)c1.Cl. The van der Waals surface area contributed by atoms with Crippen molar-refractivity contribution >= 4 is 24.0 Å². The molecule has 106 valence electrons. The maximum Gasteiger partial charge on any atom is 0.253 e. The number of carbonyl (C=O) groups excluding carboxylic acids is 1. The third-order valence-electron chi connectivity index (χ3n) is 3.74. The molecule has 1 aliphatic carbocycles. The smallest absolute Gasteiger partial charge is 0.253 e. The standard InChI is InChI=1S/C15H22N2O.ClH/c1-17(11-12-6-3-2-4-7-12)15(18)13-8-5-9-14(16)10-13;/h5,8-10,12H,2-4,6-7,11,16H2,1H3;1H. The zero-order chi connectivity index (χ0) is 13.0. The molecule has 2 rings (SSSR count). The highest BCUT2D eigenvalue weighted by molar-refractivity contribution is 5.94. The second kappa shape index (κ2) is 7.39. The van der Waals surface area contributed by atoms with Gasteiger partial charge in [-0.1, -0.05) is 25.3 Å². The van der Waals surface area contributed by atoms with Gasteiger partial charge in [0.05, 0.1) is 0 Å². The van der Waals surface area contributed by atoms with E-state index < -0.39 is 0 Å². The highest BCUT2D eigenvalue weighted by Crippen LogP contribution is 2.24. The summed E-state index contributed by atoms with van der Waals surface area (Å²) in [7, 11) is 1.89. The average Bonchev–Trinajstić information content (AvgIpc) is 2.39. The molecule has 4 heteroatoms. The number of nitrogen functional groups attached to an aromatic ring is 1. The van der Waals surface area contributed by atoms with E-state index in [1.807, 2.05) is 24.1 Å². The van der Waals surface area contributed by atoms with Crippen LogP contribution in [0.2, 0.25) is 0 Å². The van der Waals surface area contributed by atoms with Gasteiger partial charge in [0.1, 0.15) is 0 Å². The predicted octanol–water partition coefficient (Wildman–Crippen LogP) is 3.34. The highest BCUT2D eigenvalue weighted by atomic mass is 35.5. The first kappa shape index (κ1) is 15.8. The van der Waals surface area contributed by atoms with E-state index in [0.29, 0.717) is 17.2 Å². The molecule has 0 saturated heterocycles. The van der Waals surface area contributed by atoms with Crippen molar-refractivity contribution in [2.75, 3.05) is 19.3 Å². The minimum Gasteiger partial charge on any atom is -0.399 e. The van der Waals surface area contributed by atoms with Crippen LogP contribution in [0.15, 0.2) is 24.3 Å². The first-order chi connectivity index (χ1) is 8.66. The number of amides is 1. The zero-order valence-electron chi connectivity index (χ0n) is 11.5. The van der Waals surface area contributed by atoms with Crippen LogP contribution in [0.5, 0.6) is 0 Å². The molecule has 1 aliphatic rings. The van der Waals surface area contributed by atoms with Gasteiger partial charge in [0.25, 0.3) is 5.91 Å². The molecule has 1 fully saturated rings. The number of carbonyl (C=O) groups is 1. The third kappa shape index (κ3) is 4.43. The summed E-state index contributed by atoms with van der Waals surface area (Å²) in [6.45, 7) is 0.869. The third-order valence-corrected chi connectivity index (χ3v) is 3.74. The van der Waals surface area contributed by atoms with E-state index in [1.54, 1.807) is 12.1 Å². The average molecular weight is 283 g/mol. The van der Waals surface area contributed by atoms with Gasteiger partial charge in [-0.15, -0.1) is 12.4 Å². The number of benzene rings is 1. The van der Waals surface area contributed by atoms with Gasteiger partial charge < -0.3 is 10.6 Å². The first-order valence-electron chi connectivity index (χ1n) is 6.78. The van der Waals surface area contributed by atoms with Crippen molar-refractivity contribution in [1.29, 1.82) is 0 Å². The molecule has 1 amide bonds. The van der Waals surface area contributed by atoms with Gasteiger partial charge in [-0.3, -0.25) is 4.79 Å². The van der Waals surface area contributed by atoms with Crippen LogP contribution in [0.25, 0.3) is 0 Å². The van der Waals surface area contributed by atoms with Crippen LogP contribution in [0.4, 0.5) is 5.69 Å². The summed E-state index contributed by atoms with van der Waals surface area (Å²) >= 11 is 0. The van der Waals surface area contributed by atoms with Crippen molar-refractivity contribution in [3.63, 3.8) is 0 Å². The summed E-state index contributed by atoms with van der Waals surface area (Å²) in [4.78, 5) is 14.1. The Morgan fingerprint density at radius 2 is 2.00 bits per heavy atom. The molecule has 3 nitrogen and oxygen atoms in total. The van der Waals surface area contributed by atoms with E-state index in [4.69, 9.17) is 5.73 Å². The van der Waals surface area contributed by atoms with Crippen LogP contribution in [0.3, 0.4) is 0 Å². The molecule has 0 aromatic heterocycles. The van der Waals surface area contributed by atoms with E-state index in [-0.39, 0.29) is 18.3 Å². The molecule has 0 atom stereocenters. The monoisotopic (exact) mass is 282 g/mol. The number of anilines is 1. The number of halogens is 1. The molecule has 1 aromatic carbocycles. The van der Waals surface area contributed by atoms with Crippen LogP contribution in [-0.2, 0) is 0 Å². The van der Waals surface area contributed by atoms with E-state index in [2.05, 4.69) is 0 Å². The summed E-state index contributed by atoms with van der Waals surface area (Å²) in [5.74, 6) is 0.752. The van der Waals surface area contributed by atoms with Gasteiger partial charge in [0.15, 0.2) is 0 Å². The largest absolute Gasteiger partial charge is 0.399 e. The minimum absolute atomic E-state index is 0. The van der Waals surface area contributed by atoms with Crippen molar-refractivity contribution in [2.24, 2.45) is 5.92 Å². The van der Waals surface area contributed by atoms with Crippen LogP contribution in [0, 0.1) is 5.92 Å². The van der Waals surface area contributed by atoms with E-state index in [9.17, 15) is 4.79 Å². The maximum atomic E-state index is 12.2. The maximum absolute atomic E-state index is 12.2. The van der Waals surface area contributed by atoms with Gasteiger partial charge in [-0.05, 0) is 37.0 Å². The fraction of sp³-hybridized carbons (Fsp3) is 0.533. The second-order valence-corrected chi connectivity index (χ2v) is 5.32. The lowest BCUT2D eigenvalue weighted by atomic mass is 9.89. The van der Waals surface area contributed by atoms with E-state index in [1.165, 1.54) is 32.1 Å². The molecule has 0 heterocycles. The zero-order valence-corrected chi connectivity index (χ0v) is 12.3. The van der Waals surface area contributed by atoms with Crippen LogP contribution in [0.1, 0.15) is 42.5 Å². The molecule has 0 spiro atoms. The summed E-state index contributed by atoms with van der Waals surface area (Å²) in [6.07, 6.45) is 6.49. The van der Waals surface area contributed by atoms with Crippen LogP contribution >= 0.6 is 12.4 Å². The molecule has 0 unspecified atom stereocenters. The molecular formula is C15H23ClN2O. The van der Waals surface area contributed by atoms with Crippen molar-refractivity contribution in [2.45, 2.75) is 32.1 Å². The number of hydrogen-bond acceptors (Lipinski definition) is 2. The lowest BCUT2D eigenvalue weighted by Gasteiger charge is -2.27. The second-order valence-electron chi connectivity index (χ2n) is 5.32. The van der Waals surface area contributed by atoms with E-state index in [0.717, 1.165) is 6.54 Å². The Morgan fingerprint density at radius 3 is 2.63 bits per heavy atom. The Kier molecular flexibility index (Phi) is 6.16. The minimum atomic E-state index is 0. The fourth-order valence-corrected chi connectivity index (χ4v) is 2.73. The van der Waals surface area contributed by atoms with Gasteiger partial charge in [-0.2, -0.15) is 0 Å². The molecule has 0 bridgehead atoms. The Bertz CT molecular complexity index is 416. The molecule has 0 aliphatic heterocycles. The van der Waals surface area contributed by atoms with Gasteiger partial charge >= 0.3 is 0 Å². The lowest BCUT2D eigenvalue weighted by molar-refractivity contribution is 0.0760. The molecule has 2 N–H and O–H groups in total. The molecule has 19 heavy (non-hydrogen) atoms. The molecule has 0 radical (unpaired) electrons. The first-order valence-corrected chi connectivity index (χ1v) is 6.78. The number of rotatable bonds is 3. The lowest BCUT2D eigenvalue weighted by Crippen LogP contribution is -2.32. The Morgan fingerprint density at radius 1 is 1.32 bits per heavy atom. The fourth-order valence-electron chi connectivity index (χ4n) is 2.73. The Balaban J connectivity index is 0.00000180. The van der Waals surface area contributed by atoms with Crippen molar-refractivity contribution < 1.29 is 4.79 Å². The normalized spacial score (nSPS) is 15.6. The summed E-state index contributed by atoms with van der Waals surface area (Å²) in [5.41, 5.74) is 7.04. The van der Waals surface area contributed by atoms with Gasteiger partial charge in [0.2, 0.25) is 0 Å². The summed E-state index contributed by atoms with van der Waals surface area (Å²) < 4.78 is 0. The highest BCUT2D eigenvalue weighted by Gasteiger charge is 2.19. The van der Waals surface area contributed by atoms with Crippen molar-refractivity contribution in [1.82, 2.24) is 4.90 Å². The van der Waals surface area contributed by atoms with Gasteiger partial charge in [0, 0.05) is 24.8 Å².